The molecular formula is C15H24ClN3O3S. The number of rotatable bonds is 9. The molecule has 1 saturated carbocycles. The quantitative estimate of drug-likeness (QED) is 0.575. The SMILES string of the molecule is CCNCCNC(=O)c1cccc(S(=O)(=O)NCC2CC2)c1.Cl. The van der Waals surface area contributed by atoms with Crippen molar-refractivity contribution >= 4 is 28.3 Å². The number of likely N-dealkylation sites (N-methyl/N-ethyl adjacent to an activating group) is 1. The number of amides is 1. The zero-order chi connectivity index (χ0) is 16.0. The third-order valence-electron chi connectivity index (χ3n) is 3.50. The van der Waals surface area contributed by atoms with Gasteiger partial charge in [-0.2, -0.15) is 0 Å². The molecule has 1 fully saturated rings. The molecule has 1 aromatic rings. The molecule has 0 aliphatic heterocycles. The number of nitrogens with one attached hydrogen (secondary N) is 3. The number of hydrogen-bond donors (Lipinski definition) is 3. The lowest BCUT2D eigenvalue weighted by molar-refractivity contribution is 0.0953. The lowest BCUT2D eigenvalue weighted by Gasteiger charge is -2.09. The van der Waals surface area contributed by atoms with Crippen LogP contribution < -0.4 is 15.4 Å². The fourth-order valence-corrected chi connectivity index (χ4v) is 3.14. The summed E-state index contributed by atoms with van der Waals surface area (Å²) in [5.41, 5.74) is 0.353. The number of halogens is 1. The normalized spacial score (nSPS) is 14.1. The van der Waals surface area contributed by atoms with Crippen molar-refractivity contribution in [2.45, 2.75) is 24.7 Å². The van der Waals surface area contributed by atoms with Gasteiger partial charge < -0.3 is 10.6 Å². The van der Waals surface area contributed by atoms with Gasteiger partial charge in [-0.3, -0.25) is 4.79 Å². The Morgan fingerprint density at radius 1 is 1.26 bits per heavy atom. The zero-order valence-electron chi connectivity index (χ0n) is 13.2. The van der Waals surface area contributed by atoms with Crippen LogP contribution in [0.2, 0.25) is 0 Å². The van der Waals surface area contributed by atoms with Gasteiger partial charge in [0.15, 0.2) is 0 Å². The maximum atomic E-state index is 12.2. The van der Waals surface area contributed by atoms with E-state index in [1.165, 1.54) is 12.1 Å². The molecular weight excluding hydrogens is 338 g/mol. The van der Waals surface area contributed by atoms with Crippen molar-refractivity contribution in [2.24, 2.45) is 5.92 Å². The Labute approximate surface area is 143 Å². The Bertz CT molecular complexity index is 618. The van der Waals surface area contributed by atoms with Crippen LogP contribution in [-0.4, -0.2) is 40.5 Å². The Morgan fingerprint density at radius 2 is 2.00 bits per heavy atom. The first-order valence-corrected chi connectivity index (χ1v) is 9.10. The topological polar surface area (TPSA) is 87.3 Å². The second kappa shape index (κ2) is 9.22. The molecule has 1 aliphatic carbocycles. The van der Waals surface area contributed by atoms with Gasteiger partial charge in [-0.05, 0) is 43.5 Å². The molecule has 0 saturated heterocycles. The molecule has 1 aliphatic rings. The van der Waals surface area contributed by atoms with Gasteiger partial charge in [-0.25, -0.2) is 13.1 Å². The minimum absolute atomic E-state index is 0. The fraction of sp³-hybridized carbons (Fsp3) is 0.533. The maximum absolute atomic E-state index is 12.2. The molecule has 0 atom stereocenters. The van der Waals surface area contributed by atoms with Crippen LogP contribution in [0.5, 0.6) is 0 Å². The van der Waals surface area contributed by atoms with E-state index in [4.69, 9.17) is 0 Å². The lowest BCUT2D eigenvalue weighted by atomic mass is 10.2. The van der Waals surface area contributed by atoms with Crippen molar-refractivity contribution in [3.8, 4) is 0 Å². The van der Waals surface area contributed by atoms with Crippen LogP contribution in [0.15, 0.2) is 29.2 Å². The van der Waals surface area contributed by atoms with Crippen molar-refractivity contribution in [3.63, 3.8) is 0 Å². The highest BCUT2D eigenvalue weighted by molar-refractivity contribution is 7.89. The second-order valence-corrected chi connectivity index (χ2v) is 7.20. The van der Waals surface area contributed by atoms with E-state index in [2.05, 4.69) is 15.4 Å². The van der Waals surface area contributed by atoms with Crippen LogP contribution >= 0.6 is 12.4 Å². The summed E-state index contributed by atoms with van der Waals surface area (Å²) in [5, 5.41) is 5.86. The minimum Gasteiger partial charge on any atom is -0.351 e. The molecule has 2 rings (SSSR count). The van der Waals surface area contributed by atoms with E-state index in [1.54, 1.807) is 12.1 Å². The van der Waals surface area contributed by atoms with Gasteiger partial charge in [0.1, 0.15) is 0 Å². The molecule has 0 unspecified atom stereocenters. The monoisotopic (exact) mass is 361 g/mol. The molecule has 1 aromatic carbocycles. The number of hydrogen-bond acceptors (Lipinski definition) is 4. The highest BCUT2D eigenvalue weighted by atomic mass is 35.5. The summed E-state index contributed by atoms with van der Waals surface area (Å²) in [4.78, 5) is 12.1. The Morgan fingerprint density at radius 3 is 2.65 bits per heavy atom. The van der Waals surface area contributed by atoms with Crippen molar-refractivity contribution in [2.75, 3.05) is 26.2 Å². The Kier molecular flexibility index (Phi) is 7.98. The largest absolute Gasteiger partial charge is 0.351 e. The van der Waals surface area contributed by atoms with Gasteiger partial charge in [0.2, 0.25) is 10.0 Å². The molecule has 1 amide bonds. The third kappa shape index (κ3) is 6.47. The molecule has 6 nitrogen and oxygen atoms in total. The third-order valence-corrected chi connectivity index (χ3v) is 4.92. The molecule has 0 heterocycles. The molecule has 8 heteroatoms. The van der Waals surface area contributed by atoms with Gasteiger partial charge in [-0.15, -0.1) is 12.4 Å². The summed E-state index contributed by atoms with van der Waals surface area (Å²) in [5.74, 6) is 0.199. The molecule has 130 valence electrons. The number of benzene rings is 1. The van der Waals surface area contributed by atoms with E-state index >= 15 is 0 Å². The van der Waals surface area contributed by atoms with E-state index in [0.717, 1.165) is 19.4 Å². The molecule has 0 spiro atoms. The second-order valence-electron chi connectivity index (χ2n) is 5.43. The Balaban J connectivity index is 0.00000264. The molecule has 0 aromatic heterocycles. The summed E-state index contributed by atoms with van der Waals surface area (Å²) in [6.45, 7) is 4.50. The fourth-order valence-electron chi connectivity index (χ4n) is 1.98. The van der Waals surface area contributed by atoms with E-state index in [1.807, 2.05) is 6.92 Å². The predicted octanol–water partition coefficient (Wildman–Crippen LogP) is 1.14. The summed E-state index contributed by atoms with van der Waals surface area (Å²) >= 11 is 0. The zero-order valence-corrected chi connectivity index (χ0v) is 14.8. The first-order valence-electron chi connectivity index (χ1n) is 7.61. The van der Waals surface area contributed by atoms with Crippen LogP contribution in [0.4, 0.5) is 0 Å². The van der Waals surface area contributed by atoms with E-state index in [9.17, 15) is 13.2 Å². The minimum atomic E-state index is -3.54. The van der Waals surface area contributed by atoms with Crippen LogP contribution in [0.25, 0.3) is 0 Å². The molecule has 23 heavy (non-hydrogen) atoms. The number of sulfonamides is 1. The van der Waals surface area contributed by atoms with Crippen LogP contribution in [-0.2, 0) is 10.0 Å². The summed E-state index contributed by atoms with van der Waals surface area (Å²) < 4.78 is 27.0. The molecule has 0 bridgehead atoms. The summed E-state index contributed by atoms with van der Waals surface area (Å²) in [7, 11) is -3.54. The maximum Gasteiger partial charge on any atom is 0.251 e. The molecule has 3 N–H and O–H groups in total. The molecule has 0 radical (unpaired) electrons. The van der Waals surface area contributed by atoms with Crippen LogP contribution in [0, 0.1) is 5.92 Å². The van der Waals surface area contributed by atoms with Gasteiger partial charge in [0.05, 0.1) is 4.90 Å². The average Bonchev–Trinajstić information content (AvgIpc) is 3.34. The van der Waals surface area contributed by atoms with Gasteiger partial charge >= 0.3 is 0 Å². The van der Waals surface area contributed by atoms with Crippen molar-refractivity contribution in [3.05, 3.63) is 29.8 Å². The highest BCUT2D eigenvalue weighted by Crippen LogP contribution is 2.28. The first-order chi connectivity index (χ1) is 10.5. The van der Waals surface area contributed by atoms with Gasteiger partial charge in [-0.1, -0.05) is 13.0 Å². The number of carbonyl (C=O) groups is 1. The van der Waals surface area contributed by atoms with E-state index in [-0.39, 0.29) is 23.2 Å². The smallest absolute Gasteiger partial charge is 0.251 e. The van der Waals surface area contributed by atoms with Gasteiger partial charge in [0.25, 0.3) is 5.91 Å². The Hall–Kier alpha value is -1.15. The lowest BCUT2D eigenvalue weighted by Crippen LogP contribution is -2.32. The summed E-state index contributed by atoms with van der Waals surface area (Å²) in [6.07, 6.45) is 2.16. The van der Waals surface area contributed by atoms with Crippen LogP contribution in [0.3, 0.4) is 0 Å². The van der Waals surface area contributed by atoms with Gasteiger partial charge in [0, 0.05) is 25.2 Å². The highest BCUT2D eigenvalue weighted by Gasteiger charge is 2.24. The van der Waals surface area contributed by atoms with Crippen molar-refractivity contribution in [1.29, 1.82) is 0 Å². The number of carbonyl (C=O) groups excluding carboxylic acids is 1. The predicted molar refractivity (Wildman–Crippen MR) is 92.5 cm³/mol. The summed E-state index contributed by atoms with van der Waals surface area (Å²) in [6, 6.07) is 6.12. The van der Waals surface area contributed by atoms with Crippen LogP contribution in [0.1, 0.15) is 30.1 Å². The standard InChI is InChI=1S/C15H23N3O3S.ClH/c1-2-16-8-9-17-15(19)13-4-3-5-14(10-13)22(20,21)18-11-12-6-7-12;/h3-5,10,12,16,18H,2,6-9,11H2,1H3,(H,17,19);1H. The van der Waals surface area contributed by atoms with Crippen molar-refractivity contribution in [1.82, 2.24) is 15.4 Å². The van der Waals surface area contributed by atoms with Crippen molar-refractivity contribution < 1.29 is 13.2 Å². The first kappa shape index (κ1) is 19.9. The van der Waals surface area contributed by atoms with E-state index in [0.29, 0.717) is 31.1 Å². The average molecular weight is 362 g/mol. The van der Waals surface area contributed by atoms with E-state index < -0.39 is 10.0 Å².